The molecule has 3 aromatic heterocycles. The van der Waals surface area contributed by atoms with E-state index in [4.69, 9.17) is 4.98 Å². The van der Waals surface area contributed by atoms with Gasteiger partial charge < -0.3 is 0 Å². The average Bonchev–Trinajstić information content (AvgIpc) is 3.16. The number of hydrogen-bond donors (Lipinski definition) is 0. The van der Waals surface area contributed by atoms with E-state index < -0.39 is 0 Å². The van der Waals surface area contributed by atoms with Crippen LogP contribution in [0.2, 0.25) is 0 Å². The van der Waals surface area contributed by atoms with E-state index in [1.807, 2.05) is 48.5 Å². The van der Waals surface area contributed by atoms with Crippen molar-refractivity contribution in [3.8, 4) is 11.3 Å². The summed E-state index contributed by atoms with van der Waals surface area (Å²) >= 11 is 0. The van der Waals surface area contributed by atoms with Gasteiger partial charge in [0.2, 0.25) is 0 Å². The van der Waals surface area contributed by atoms with Crippen LogP contribution in [-0.2, 0) is 6.54 Å². The molecule has 5 rings (SSSR count). The van der Waals surface area contributed by atoms with Crippen LogP contribution in [0.4, 0.5) is 0 Å². The summed E-state index contributed by atoms with van der Waals surface area (Å²) in [4.78, 5) is 20.0. The Labute approximate surface area is 160 Å². The Morgan fingerprint density at radius 3 is 2.64 bits per heavy atom. The quantitative estimate of drug-likeness (QED) is 0.452. The Morgan fingerprint density at radius 1 is 0.929 bits per heavy atom. The average molecular weight is 365 g/mol. The molecule has 0 fully saturated rings. The predicted octanol–water partition coefficient (Wildman–Crippen LogP) is 3.90. The van der Waals surface area contributed by atoms with Crippen molar-refractivity contribution in [3.05, 3.63) is 84.1 Å². The molecule has 0 aliphatic carbocycles. The summed E-state index contributed by atoms with van der Waals surface area (Å²) in [7, 11) is 0. The highest BCUT2D eigenvalue weighted by Crippen LogP contribution is 2.21. The molecule has 0 aliphatic heterocycles. The second-order valence-corrected chi connectivity index (χ2v) is 6.56. The maximum atomic E-state index is 10.9. The maximum absolute atomic E-state index is 10.9. The lowest BCUT2D eigenvalue weighted by Crippen LogP contribution is -2.03. The number of nitrogens with zero attached hydrogens (tertiary/aromatic N) is 5. The van der Waals surface area contributed by atoms with Gasteiger partial charge in [-0.2, -0.15) is 0 Å². The van der Waals surface area contributed by atoms with E-state index in [0.29, 0.717) is 12.1 Å². The zero-order valence-corrected chi connectivity index (χ0v) is 14.9. The van der Waals surface area contributed by atoms with Gasteiger partial charge in [-0.3, -0.25) is 9.78 Å². The standard InChI is InChI=1S/C22H15N5O/c28-14-15-3-6-17(7-4-15)20-9-10-21-22(24-20)27(26-25-21)13-16-5-8-19-18(12-16)2-1-11-23-19/h1-12,14H,13H2. The molecule has 0 N–H and O–H groups in total. The van der Waals surface area contributed by atoms with Crippen molar-refractivity contribution < 1.29 is 4.79 Å². The molecule has 0 bridgehead atoms. The molecule has 0 amide bonds. The van der Waals surface area contributed by atoms with Crippen molar-refractivity contribution in [2.24, 2.45) is 0 Å². The summed E-state index contributed by atoms with van der Waals surface area (Å²) in [6.07, 6.45) is 2.62. The minimum Gasteiger partial charge on any atom is -0.298 e. The van der Waals surface area contributed by atoms with Crippen LogP contribution in [0.1, 0.15) is 15.9 Å². The minimum absolute atomic E-state index is 0.571. The van der Waals surface area contributed by atoms with Crippen molar-refractivity contribution in [1.29, 1.82) is 0 Å². The van der Waals surface area contributed by atoms with Gasteiger partial charge in [0.25, 0.3) is 0 Å². The van der Waals surface area contributed by atoms with Crippen LogP contribution in [0.3, 0.4) is 0 Å². The monoisotopic (exact) mass is 365 g/mol. The Hall–Kier alpha value is -3.93. The van der Waals surface area contributed by atoms with Gasteiger partial charge in [-0.1, -0.05) is 41.6 Å². The van der Waals surface area contributed by atoms with Crippen LogP contribution >= 0.6 is 0 Å². The van der Waals surface area contributed by atoms with Crippen LogP contribution < -0.4 is 0 Å². The first-order chi connectivity index (χ1) is 13.8. The molecular weight excluding hydrogens is 350 g/mol. The number of aldehydes is 1. The van der Waals surface area contributed by atoms with E-state index in [0.717, 1.165) is 45.2 Å². The molecule has 0 saturated heterocycles. The van der Waals surface area contributed by atoms with Crippen molar-refractivity contribution in [1.82, 2.24) is 25.0 Å². The topological polar surface area (TPSA) is 73.6 Å². The first-order valence-electron chi connectivity index (χ1n) is 8.90. The van der Waals surface area contributed by atoms with Crippen LogP contribution in [0.25, 0.3) is 33.3 Å². The second kappa shape index (κ2) is 6.66. The SMILES string of the molecule is O=Cc1ccc(-c2ccc3nnn(Cc4ccc5ncccc5c4)c3n2)cc1. The second-order valence-electron chi connectivity index (χ2n) is 6.56. The Balaban J connectivity index is 1.52. The van der Waals surface area contributed by atoms with Crippen LogP contribution in [0.15, 0.2) is 72.9 Å². The van der Waals surface area contributed by atoms with Gasteiger partial charge in [0.05, 0.1) is 17.8 Å². The summed E-state index contributed by atoms with van der Waals surface area (Å²) in [5, 5.41) is 9.60. The summed E-state index contributed by atoms with van der Waals surface area (Å²) in [6.45, 7) is 0.571. The highest BCUT2D eigenvalue weighted by molar-refractivity contribution is 5.80. The van der Waals surface area contributed by atoms with Crippen LogP contribution in [-0.4, -0.2) is 31.2 Å². The summed E-state index contributed by atoms with van der Waals surface area (Å²) in [5.74, 6) is 0. The lowest BCUT2D eigenvalue weighted by molar-refractivity contribution is 0.112. The number of rotatable bonds is 4. The normalized spacial score (nSPS) is 11.1. The molecular formula is C22H15N5O. The van der Waals surface area contributed by atoms with E-state index in [9.17, 15) is 4.79 Å². The largest absolute Gasteiger partial charge is 0.298 e. The van der Waals surface area contributed by atoms with Gasteiger partial charge in [-0.25, -0.2) is 9.67 Å². The molecule has 6 nitrogen and oxygen atoms in total. The molecule has 0 saturated carbocycles. The number of fused-ring (bicyclic) bond motifs is 2. The third-order valence-electron chi connectivity index (χ3n) is 4.70. The zero-order chi connectivity index (χ0) is 18.9. The van der Waals surface area contributed by atoms with Crippen LogP contribution in [0, 0.1) is 0 Å². The number of hydrogen-bond acceptors (Lipinski definition) is 5. The number of carbonyl (C=O) groups excluding carboxylic acids is 1. The first-order valence-corrected chi connectivity index (χ1v) is 8.90. The fraction of sp³-hybridized carbons (Fsp3) is 0.0455. The predicted molar refractivity (Wildman–Crippen MR) is 107 cm³/mol. The summed E-state index contributed by atoms with van der Waals surface area (Å²) in [5.41, 5.74) is 5.94. The molecule has 0 radical (unpaired) electrons. The van der Waals surface area contributed by atoms with E-state index >= 15 is 0 Å². The first kappa shape index (κ1) is 16.3. The molecule has 6 heteroatoms. The minimum atomic E-state index is 0.571. The molecule has 134 valence electrons. The van der Waals surface area contributed by atoms with Crippen molar-refractivity contribution >= 4 is 28.4 Å². The zero-order valence-electron chi connectivity index (χ0n) is 14.9. The smallest absolute Gasteiger partial charge is 0.179 e. The molecule has 0 unspecified atom stereocenters. The van der Waals surface area contributed by atoms with Crippen molar-refractivity contribution in [3.63, 3.8) is 0 Å². The van der Waals surface area contributed by atoms with Crippen molar-refractivity contribution in [2.45, 2.75) is 6.54 Å². The van der Waals surface area contributed by atoms with E-state index in [-0.39, 0.29) is 0 Å². The van der Waals surface area contributed by atoms with Gasteiger partial charge in [-0.05, 0) is 35.9 Å². The molecule has 0 aliphatic rings. The fourth-order valence-electron chi connectivity index (χ4n) is 3.25. The lowest BCUT2D eigenvalue weighted by atomic mass is 10.1. The van der Waals surface area contributed by atoms with Gasteiger partial charge in [0.15, 0.2) is 5.65 Å². The van der Waals surface area contributed by atoms with Gasteiger partial charge >= 0.3 is 0 Å². The molecule has 2 aromatic carbocycles. The van der Waals surface area contributed by atoms with E-state index in [1.165, 1.54) is 0 Å². The van der Waals surface area contributed by atoms with Gasteiger partial charge in [-0.15, -0.1) is 5.10 Å². The third kappa shape index (κ3) is 2.91. The molecule has 28 heavy (non-hydrogen) atoms. The van der Waals surface area contributed by atoms with Gasteiger partial charge in [0, 0.05) is 22.7 Å². The Bertz CT molecular complexity index is 1310. The van der Waals surface area contributed by atoms with Crippen LogP contribution in [0.5, 0.6) is 0 Å². The van der Waals surface area contributed by atoms with Gasteiger partial charge in [0.1, 0.15) is 11.8 Å². The Morgan fingerprint density at radius 2 is 1.79 bits per heavy atom. The number of carbonyl (C=O) groups is 1. The molecule has 0 spiro atoms. The van der Waals surface area contributed by atoms with E-state index in [2.05, 4.69) is 21.4 Å². The number of aromatic nitrogens is 5. The Kier molecular flexibility index (Phi) is 3.87. The highest BCUT2D eigenvalue weighted by Gasteiger charge is 2.10. The van der Waals surface area contributed by atoms with E-state index in [1.54, 1.807) is 23.0 Å². The molecule has 3 heterocycles. The summed E-state index contributed by atoms with van der Waals surface area (Å²) in [6, 6.07) is 21.3. The number of benzene rings is 2. The van der Waals surface area contributed by atoms with Crippen molar-refractivity contribution in [2.75, 3.05) is 0 Å². The molecule has 5 aromatic rings. The third-order valence-corrected chi connectivity index (χ3v) is 4.70. The summed E-state index contributed by atoms with van der Waals surface area (Å²) < 4.78 is 1.80. The highest BCUT2D eigenvalue weighted by atomic mass is 16.1. The number of pyridine rings is 2. The lowest BCUT2D eigenvalue weighted by Gasteiger charge is -2.05. The molecule has 0 atom stereocenters. The maximum Gasteiger partial charge on any atom is 0.179 e. The fourth-order valence-corrected chi connectivity index (χ4v) is 3.25.